The van der Waals surface area contributed by atoms with Gasteiger partial charge in [0.25, 0.3) is 5.82 Å². The topological polar surface area (TPSA) is 35.1 Å². The van der Waals surface area contributed by atoms with Crippen LogP contribution < -0.4 is 28.5 Å². The van der Waals surface area contributed by atoms with Gasteiger partial charge in [-0.05, 0) is 24.6 Å². The van der Waals surface area contributed by atoms with E-state index in [-0.39, 0.29) is 29.9 Å². The van der Waals surface area contributed by atoms with Crippen molar-refractivity contribution >= 4 is 17.0 Å². The number of methoxy groups -OCH3 is 1. The fourth-order valence-electron chi connectivity index (χ4n) is 3.07. The normalized spacial score (nSPS) is 10.5. The fraction of sp³-hybridized carbons (Fsp3) is 0.263. The van der Waals surface area contributed by atoms with Crippen LogP contribution in [0.3, 0.4) is 0 Å². The maximum atomic E-state index is 11.8. The number of ether oxygens (including phenoxy) is 1. The van der Waals surface area contributed by atoms with E-state index in [1.54, 1.807) is 0 Å². The van der Waals surface area contributed by atoms with Gasteiger partial charge < -0.3 is 28.7 Å². The lowest BCUT2D eigenvalue weighted by molar-refractivity contribution is -0.669. The molecule has 3 aromatic rings. The van der Waals surface area contributed by atoms with E-state index >= 15 is 0 Å². The summed E-state index contributed by atoms with van der Waals surface area (Å²) in [6.07, 6.45) is 0. The summed E-state index contributed by atoms with van der Waals surface area (Å²) >= 11 is 0. The van der Waals surface area contributed by atoms with Crippen molar-refractivity contribution in [3.8, 4) is 0 Å². The van der Waals surface area contributed by atoms with E-state index in [2.05, 4.69) is 47.2 Å². The Kier molecular flexibility index (Phi) is 5.99. The molecule has 0 fully saturated rings. The highest BCUT2D eigenvalue weighted by Crippen LogP contribution is 2.18. The van der Waals surface area contributed by atoms with Crippen LogP contribution in [0, 0.1) is 6.92 Å². The average Bonchev–Trinajstić information content (AvgIpc) is 2.86. The number of halogens is 1. The van der Waals surface area contributed by atoms with Gasteiger partial charge in [-0.15, -0.1) is 0 Å². The molecule has 0 amide bonds. The smallest absolute Gasteiger partial charge is 0.338 e. The van der Waals surface area contributed by atoms with Gasteiger partial charge in [0.15, 0.2) is 11.0 Å². The van der Waals surface area contributed by atoms with Crippen LogP contribution in [-0.2, 0) is 17.8 Å². The van der Waals surface area contributed by atoms with Crippen molar-refractivity contribution in [2.75, 3.05) is 7.11 Å². The number of carbonyl (C=O) groups excluding carboxylic acids is 1. The Labute approximate surface area is 159 Å². The molecule has 2 aromatic carbocycles. The number of aromatic nitrogens is 2. The average molecular weight is 436 g/mol. The predicted octanol–water partition coefficient (Wildman–Crippen LogP) is 0.0960. The number of aryl methyl sites for hydroxylation is 1. The van der Waals surface area contributed by atoms with Gasteiger partial charge in [-0.25, -0.2) is 13.9 Å². The summed E-state index contributed by atoms with van der Waals surface area (Å²) in [7, 11) is 1.41. The molecular formula is C19H21IN2O2. The molecule has 5 heteroatoms. The van der Waals surface area contributed by atoms with E-state index in [1.807, 2.05) is 24.3 Å². The van der Waals surface area contributed by atoms with Crippen molar-refractivity contribution < 1.29 is 38.1 Å². The van der Waals surface area contributed by atoms with Gasteiger partial charge in [0, 0.05) is 13.0 Å². The maximum Gasteiger partial charge on any atom is 0.338 e. The van der Waals surface area contributed by atoms with E-state index in [0.29, 0.717) is 5.56 Å². The predicted molar refractivity (Wildman–Crippen MR) is 89.4 cm³/mol. The number of benzene rings is 2. The molecule has 3 rings (SSSR count). The second-order valence-electron chi connectivity index (χ2n) is 5.56. The maximum absolute atomic E-state index is 11.8. The molecule has 0 atom stereocenters. The minimum atomic E-state index is -0.303. The van der Waals surface area contributed by atoms with Crippen LogP contribution in [0.1, 0.15) is 28.7 Å². The van der Waals surface area contributed by atoms with Gasteiger partial charge in [-0.2, -0.15) is 0 Å². The van der Waals surface area contributed by atoms with Crippen molar-refractivity contribution in [2.45, 2.75) is 26.9 Å². The minimum absolute atomic E-state index is 0. The summed E-state index contributed by atoms with van der Waals surface area (Å²) in [5.74, 6) is 0.872. The first-order chi connectivity index (χ1) is 11.2. The van der Waals surface area contributed by atoms with Crippen LogP contribution in [0.5, 0.6) is 0 Å². The Morgan fingerprint density at radius 2 is 1.88 bits per heavy atom. The standard InChI is InChI=1S/C19H21N2O2.HI/c1-4-20-14(2)21(13-15-8-6-5-7-9-15)17-11-10-16(12-18(17)20)19(22)23-3;/h5-12H,4,13H2,1-3H3;1H/q+1;/p-1. The number of nitrogens with zero attached hydrogens (tertiary/aromatic N) is 2. The van der Waals surface area contributed by atoms with Crippen molar-refractivity contribution in [2.24, 2.45) is 0 Å². The number of carbonyl (C=O) groups is 1. The zero-order valence-electron chi connectivity index (χ0n) is 14.1. The van der Waals surface area contributed by atoms with Crippen molar-refractivity contribution in [3.05, 3.63) is 65.5 Å². The summed E-state index contributed by atoms with van der Waals surface area (Å²) in [4.78, 5) is 11.8. The molecule has 1 heterocycles. The minimum Gasteiger partial charge on any atom is -1.00 e. The van der Waals surface area contributed by atoms with Crippen LogP contribution in [0.2, 0.25) is 0 Å². The first kappa shape index (κ1) is 18.4. The lowest BCUT2D eigenvalue weighted by Crippen LogP contribution is -3.00. The second-order valence-corrected chi connectivity index (χ2v) is 5.56. The third-order valence-electron chi connectivity index (χ3n) is 4.26. The Morgan fingerprint density at radius 3 is 2.50 bits per heavy atom. The molecule has 0 aliphatic rings. The van der Waals surface area contributed by atoms with E-state index in [4.69, 9.17) is 4.74 Å². The number of hydrogen-bond acceptors (Lipinski definition) is 2. The highest BCUT2D eigenvalue weighted by Gasteiger charge is 2.22. The van der Waals surface area contributed by atoms with Crippen molar-refractivity contribution in [1.82, 2.24) is 4.57 Å². The van der Waals surface area contributed by atoms with Crippen LogP contribution in [0.25, 0.3) is 11.0 Å². The van der Waals surface area contributed by atoms with Gasteiger partial charge in [0.1, 0.15) is 6.54 Å². The largest absolute Gasteiger partial charge is 1.00 e. The van der Waals surface area contributed by atoms with E-state index in [0.717, 1.165) is 24.1 Å². The number of imidazole rings is 1. The molecule has 0 bridgehead atoms. The number of fused-ring (bicyclic) bond motifs is 1. The monoisotopic (exact) mass is 436 g/mol. The molecule has 1 aromatic heterocycles. The zero-order chi connectivity index (χ0) is 16.4. The Morgan fingerprint density at radius 1 is 1.17 bits per heavy atom. The van der Waals surface area contributed by atoms with Gasteiger partial charge in [0.05, 0.1) is 19.2 Å². The third kappa shape index (κ3) is 3.31. The van der Waals surface area contributed by atoms with Crippen LogP contribution in [0.4, 0.5) is 0 Å². The quantitative estimate of drug-likeness (QED) is 0.331. The van der Waals surface area contributed by atoms with Crippen LogP contribution in [-0.4, -0.2) is 17.6 Å². The molecule has 0 aliphatic heterocycles. The number of rotatable bonds is 4. The highest BCUT2D eigenvalue weighted by atomic mass is 127. The molecule has 4 nitrogen and oxygen atoms in total. The lowest BCUT2D eigenvalue weighted by Gasteiger charge is -2.01. The van der Waals surface area contributed by atoms with Crippen molar-refractivity contribution in [1.29, 1.82) is 0 Å². The molecule has 24 heavy (non-hydrogen) atoms. The summed E-state index contributed by atoms with van der Waals surface area (Å²) in [5, 5.41) is 0. The highest BCUT2D eigenvalue weighted by molar-refractivity contribution is 5.93. The zero-order valence-corrected chi connectivity index (χ0v) is 16.3. The SMILES string of the molecule is CCn1c(C)[n+](Cc2ccccc2)c2ccc(C(=O)OC)cc21.[I-]. The van der Waals surface area contributed by atoms with Gasteiger partial charge >= 0.3 is 5.97 Å². The summed E-state index contributed by atoms with van der Waals surface area (Å²) in [5.41, 5.74) is 4.02. The first-order valence-electron chi connectivity index (χ1n) is 7.80. The Hall–Kier alpha value is -1.89. The molecule has 0 radical (unpaired) electrons. The lowest BCUT2D eigenvalue weighted by atomic mass is 10.2. The molecule has 0 aliphatic carbocycles. The van der Waals surface area contributed by atoms with Crippen LogP contribution in [0.15, 0.2) is 48.5 Å². The van der Waals surface area contributed by atoms with Crippen molar-refractivity contribution in [3.63, 3.8) is 0 Å². The van der Waals surface area contributed by atoms with Gasteiger partial charge in [-0.1, -0.05) is 30.3 Å². The molecule has 0 saturated heterocycles. The molecule has 0 unspecified atom stereocenters. The Bertz CT molecular complexity index is 857. The Balaban J connectivity index is 0.00000208. The molecule has 0 spiro atoms. The van der Waals surface area contributed by atoms with E-state index in [9.17, 15) is 4.79 Å². The van der Waals surface area contributed by atoms with Gasteiger partial charge in [-0.3, -0.25) is 0 Å². The number of esters is 1. The van der Waals surface area contributed by atoms with Gasteiger partial charge in [0.2, 0.25) is 0 Å². The molecule has 0 saturated carbocycles. The summed E-state index contributed by atoms with van der Waals surface area (Å²) in [6, 6.07) is 16.1. The molecule has 0 N–H and O–H groups in total. The third-order valence-corrected chi connectivity index (χ3v) is 4.26. The summed E-state index contributed by atoms with van der Waals surface area (Å²) < 4.78 is 9.35. The van der Waals surface area contributed by atoms with E-state index in [1.165, 1.54) is 18.5 Å². The van der Waals surface area contributed by atoms with Crippen LogP contribution >= 0.6 is 0 Å². The fourth-order valence-corrected chi connectivity index (χ4v) is 3.07. The summed E-state index contributed by atoms with van der Waals surface area (Å²) in [6.45, 7) is 5.90. The molecule has 126 valence electrons. The van der Waals surface area contributed by atoms with E-state index < -0.39 is 0 Å². The molecular weight excluding hydrogens is 415 g/mol. The first-order valence-corrected chi connectivity index (χ1v) is 7.80. The second kappa shape index (κ2) is 7.79. The number of hydrogen-bond donors (Lipinski definition) is 0.